The lowest BCUT2D eigenvalue weighted by molar-refractivity contribution is 1.09. The van der Waals surface area contributed by atoms with Crippen LogP contribution in [0, 0.1) is 0 Å². The molecule has 0 aliphatic rings. The van der Waals surface area contributed by atoms with Gasteiger partial charge < -0.3 is 0 Å². The van der Waals surface area contributed by atoms with E-state index in [1.54, 1.807) is 12.1 Å². The SMILES string of the molecule is [N-]=[N+]=Nc1ccccc1-c1ncn[nH]1. The van der Waals surface area contributed by atoms with Gasteiger partial charge in [0.2, 0.25) is 0 Å². The number of azide groups is 1. The Bertz CT molecular complexity index is 468. The maximum Gasteiger partial charge on any atom is 0.155 e. The average molecular weight is 186 g/mol. The summed E-state index contributed by atoms with van der Waals surface area (Å²) in [4.78, 5) is 6.72. The first-order valence-corrected chi connectivity index (χ1v) is 3.91. The van der Waals surface area contributed by atoms with Crippen molar-refractivity contribution in [2.45, 2.75) is 0 Å². The Hall–Kier alpha value is -2.33. The highest BCUT2D eigenvalue weighted by Crippen LogP contribution is 2.26. The summed E-state index contributed by atoms with van der Waals surface area (Å²) in [6, 6.07) is 7.17. The molecule has 0 fully saturated rings. The van der Waals surface area contributed by atoms with Gasteiger partial charge in [0, 0.05) is 16.2 Å². The van der Waals surface area contributed by atoms with E-state index in [4.69, 9.17) is 5.53 Å². The number of benzene rings is 1. The van der Waals surface area contributed by atoms with Crippen molar-refractivity contribution in [3.8, 4) is 11.4 Å². The van der Waals surface area contributed by atoms with E-state index in [9.17, 15) is 0 Å². The molecule has 0 aliphatic heterocycles. The fourth-order valence-corrected chi connectivity index (χ4v) is 1.14. The Morgan fingerprint density at radius 1 is 1.36 bits per heavy atom. The molecular formula is C8H6N6. The van der Waals surface area contributed by atoms with Crippen LogP contribution in [0.5, 0.6) is 0 Å². The van der Waals surface area contributed by atoms with Gasteiger partial charge in [-0.3, -0.25) is 5.10 Å². The van der Waals surface area contributed by atoms with Gasteiger partial charge in [-0.05, 0) is 5.53 Å². The summed E-state index contributed by atoms with van der Waals surface area (Å²) in [5.41, 5.74) is 9.63. The second kappa shape index (κ2) is 3.59. The minimum atomic E-state index is 0.534. The molecule has 0 amide bonds. The standard InChI is InChI=1S/C8H6N6/c9-14-12-7-4-2-1-3-6(7)8-10-5-11-13-8/h1-5H,(H,10,11,13). The van der Waals surface area contributed by atoms with Crippen LogP contribution in [-0.4, -0.2) is 15.2 Å². The Morgan fingerprint density at radius 3 is 2.93 bits per heavy atom. The van der Waals surface area contributed by atoms with E-state index in [1.807, 2.05) is 12.1 Å². The Morgan fingerprint density at radius 2 is 2.21 bits per heavy atom. The van der Waals surface area contributed by atoms with Crippen LogP contribution in [0.15, 0.2) is 35.7 Å². The van der Waals surface area contributed by atoms with E-state index >= 15 is 0 Å². The van der Waals surface area contributed by atoms with Gasteiger partial charge in [-0.1, -0.05) is 29.4 Å². The number of nitrogens with zero attached hydrogens (tertiary/aromatic N) is 5. The van der Waals surface area contributed by atoms with Crippen LogP contribution < -0.4 is 0 Å². The molecule has 6 nitrogen and oxygen atoms in total. The van der Waals surface area contributed by atoms with E-state index < -0.39 is 0 Å². The summed E-state index contributed by atoms with van der Waals surface area (Å²) in [6.07, 6.45) is 1.40. The van der Waals surface area contributed by atoms with E-state index in [-0.39, 0.29) is 0 Å². The molecule has 1 aromatic carbocycles. The molecule has 0 atom stereocenters. The molecule has 0 bridgehead atoms. The second-order valence-electron chi connectivity index (χ2n) is 2.54. The normalized spacial score (nSPS) is 9.43. The number of rotatable bonds is 2. The van der Waals surface area contributed by atoms with Gasteiger partial charge in [0.05, 0.1) is 0 Å². The predicted octanol–water partition coefficient (Wildman–Crippen LogP) is 2.41. The molecule has 0 unspecified atom stereocenters. The van der Waals surface area contributed by atoms with Crippen molar-refractivity contribution in [2.75, 3.05) is 0 Å². The van der Waals surface area contributed by atoms with Crippen LogP contribution in [-0.2, 0) is 0 Å². The van der Waals surface area contributed by atoms with Gasteiger partial charge in [-0.2, -0.15) is 5.10 Å². The largest absolute Gasteiger partial charge is 0.259 e. The molecule has 1 N–H and O–H groups in total. The third kappa shape index (κ3) is 1.41. The van der Waals surface area contributed by atoms with Gasteiger partial charge in [0.25, 0.3) is 0 Å². The summed E-state index contributed by atoms with van der Waals surface area (Å²) in [5, 5.41) is 9.99. The topological polar surface area (TPSA) is 90.3 Å². The highest BCUT2D eigenvalue weighted by molar-refractivity contribution is 5.70. The molecule has 2 aromatic rings. The summed E-state index contributed by atoms with van der Waals surface area (Å²) < 4.78 is 0. The lowest BCUT2D eigenvalue weighted by Gasteiger charge is -1.99. The van der Waals surface area contributed by atoms with Crippen LogP contribution in [0.3, 0.4) is 0 Å². The van der Waals surface area contributed by atoms with Gasteiger partial charge in [0.15, 0.2) is 5.82 Å². The molecule has 2 rings (SSSR count). The first kappa shape index (κ1) is 8.28. The predicted molar refractivity (Wildman–Crippen MR) is 50.6 cm³/mol. The average Bonchev–Trinajstić information content (AvgIpc) is 2.72. The van der Waals surface area contributed by atoms with Crippen molar-refractivity contribution < 1.29 is 0 Å². The van der Waals surface area contributed by atoms with E-state index in [2.05, 4.69) is 25.2 Å². The number of aromatic amines is 1. The van der Waals surface area contributed by atoms with E-state index in [0.717, 1.165) is 5.56 Å². The second-order valence-corrected chi connectivity index (χ2v) is 2.54. The van der Waals surface area contributed by atoms with E-state index in [1.165, 1.54) is 6.33 Å². The molecule has 0 spiro atoms. The molecule has 1 heterocycles. The summed E-state index contributed by atoms with van der Waals surface area (Å²) >= 11 is 0. The van der Waals surface area contributed by atoms with E-state index in [0.29, 0.717) is 11.5 Å². The van der Waals surface area contributed by atoms with Crippen molar-refractivity contribution >= 4 is 5.69 Å². The van der Waals surface area contributed by atoms with Gasteiger partial charge >= 0.3 is 0 Å². The first-order chi connectivity index (χ1) is 6.92. The van der Waals surface area contributed by atoms with Crippen LogP contribution in [0.1, 0.15) is 0 Å². The van der Waals surface area contributed by atoms with Crippen molar-refractivity contribution in [2.24, 2.45) is 5.11 Å². The molecule has 14 heavy (non-hydrogen) atoms. The third-order valence-corrected chi connectivity index (χ3v) is 1.73. The van der Waals surface area contributed by atoms with Crippen molar-refractivity contribution in [3.05, 3.63) is 41.0 Å². The van der Waals surface area contributed by atoms with Crippen LogP contribution >= 0.6 is 0 Å². The molecule has 0 saturated carbocycles. The Kier molecular flexibility index (Phi) is 2.12. The zero-order valence-electron chi connectivity index (χ0n) is 7.12. The molecular weight excluding hydrogens is 180 g/mol. The third-order valence-electron chi connectivity index (χ3n) is 1.73. The van der Waals surface area contributed by atoms with Gasteiger partial charge in [-0.25, -0.2) is 4.98 Å². The number of hydrogen-bond acceptors (Lipinski definition) is 3. The maximum absolute atomic E-state index is 8.35. The first-order valence-electron chi connectivity index (χ1n) is 3.91. The molecule has 0 radical (unpaired) electrons. The number of hydrogen-bond donors (Lipinski definition) is 1. The summed E-state index contributed by atoms with van der Waals surface area (Å²) in [7, 11) is 0. The zero-order valence-corrected chi connectivity index (χ0v) is 7.12. The fraction of sp³-hybridized carbons (Fsp3) is 0. The fourth-order valence-electron chi connectivity index (χ4n) is 1.14. The molecule has 0 aliphatic carbocycles. The van der Waals surface area contributed by atoms with Gasteiger partial charge in [-0.15, -0.1) is 0 Å². The smallest absolute Gasteiger partial charge is 0.155 e. The van der Waals surface area contributed by atoms with Crippen molar-refractivity contribution in [1.29, 1.82) is 0 Å². The quantitative estimate of drug-likeness (QED) is 0.443. The van der Waals surface area contributed by atoms with Gasteiger partial charge in [0.1, 0.15) is 6.33 Å². The zero-order chi connectivity index (χ0) is 9.80. The van der Waals surface area contributed by atoms with Crippen molar-refractivity contribution in [3.63, 3.8) is 0 Å². The minimum absolute atomic E-state index is 0.534. The monoisotopic (exact) mass is 186 g/mol. The highest BCUT2D eigenvalue weighted by atomic mass is 15.2. The number of H-pyrrole nitrogens is 1. The number of aromatic nitrogens is 3. The molecule has 0 saturated heterocycles. The van der Waals surface area contributed by atoms with Crippen LogP contribution in [0.25, 0.3) is 21.8 Å². The maximum atomic E-state index is 8.35. The Labute approximate surface area is 79.2 Å². The summed E-state index contributed by atoms with van der Waals surface area (Å²) in [5.74, 6) is 0.591. The summed E-state index contributed by atoms with van der Waals surface area (Å²) in [6.45, 7) is 0. The lowest BCUT2D eigenvalue weighted by atomic mass is 10.2. The number of nitrogens with one attached hydrogen (secondary N) is 1. The lowest BCUT2D eigenvalue weighted by Crippen LogP contribution is -1.80. The van der Waals surface area contributed by atoms with Crippen molar-refractivity contribution in [1.82, 2.24) is 15.2 Å². The Balaban J connectivity index is 2.57. The molecule has 68 valence electrons. The van der Waals surface area contributed by atoms with Crippen LogP contribution in [0.2, 0.25) is 0 Å². The highest BCUT2D eigenvalue weighted by Gasteiger charge is 2.04. The minimum Gasteiger partial charge on any atom is -0.259 e. The van der Waals surface area contributed by atoms with Crippen LogP contribution in [0.4, 0.5) is 5.69 Å². The molecule has 6 heteroatoms. The molecule has 1 aromatic heterocycles.